The molecule has 0 N–H and O–H groups in total. The minimum atomic E-state index is -0.533. The van der Waals surface area contributed by atoms with E-state index in [4.69, 9.17) is 18.9 Å². The molecule has 7 heteroatoms. The lowest BCUT2D eigenvalue weighted by molar-refractivity contribution is -0.145. The molecular weight excluding hydrogens is 410 g/mol. The summed E-state index contributed by atoms with van der Waals surface area (Å²) in [6.45, 7) is 1.78. The molecule has 0 aromatic heterocycles. The molecule has 32 heavy (non-hydrogen) atoms. The van der Waals surface area contributed by atoms with Gasteiger partial charge in [0.2, 0.25) is 5.90 Å². The van der Waals surface area contributed by atoms with Crippen LogP contribution in [-0.4, -0.2) is 38.2 Å². The van der Waals surface area contributed by atoms with E-state index in [1.807, 2.05) is 42.5 Å². The number of rotatable bonds is 7. The molecule has 1 aliphatic rings. The molecule has 0 atom stereocenters. The number of hydrogen-bond donors (Lipinski definition) is 0. The molecule has 7 nitrogen and oxygen atoms in total. The zero-order chi connectivity index (χ0) is 22.5. The first-order valence-electron chi connectivity index (χ1n) is 10.1. The third-order valence-corrected chi connectivity index (χ3v) is 4.76. The average Bonchev–Trinajstić information content (AvgIpc) is 3.18. The van der Waals surface area contributed by atoms with Crippen LogP contribution in [0.5, 0.6) is 11.5 Å². The first kappa shape index (κ1) is 21.1. The van der Waals surface area contributed by atoms with Gasteiger partial charge in [0.15, 0.2) is 23.8 Å². The van der Waals surface area contributed by atoms with E-state index >= 15 is 0 Å². The van der Waals surface area contributed by atoms with Crippen molar-refractivity contribution >= 4 is 34.7 Å². The molecule has 1 aliphatic heterocycles. The van der Waals surface area contributed by atoms with Gasteiger partial charge in [0.05, 0.1) is 13.7 Å². The Morgan fingerprint density at radius 2 is 1.84 bits per heavy atom. The van der Waals surface area contributed by atoms with Gasteiger partial charge in [-0.3, -0.25) is 0 Å². The molecule has 0 spiro atoms. The fourth-order valence-electron chi connectivity index (χ4n) is 3.25. The van der Waals surface area contributed by atoms with Crippen molar-refractivity contribution in [3.05, 3.63) is 77.5 Å². The smallest absolute Gasteiger partial charge is 0.363 e. The van der Waals surface area contributed by atoms with Gasteiger partial charge in [-0.1, -0.05) is 36.4 Å². The zero-order valence-electron chi connectivity index (χ0n) is 17.7. The van der Waals surface area contributed by atoms with Crippen molar-refractivity contribution in [2.75, 3.05) is 20.3 Å². The van der Waals surface area contributed by atoms with Gasteiger partial charge in [-0.25, -0.2) is 14.6 Å². The quantitative estimate of drug-likeness (QED) is 0.413. The van der Waals surface area contributed by atoms with Gasteiger partial charge in [-0.15, -0.1) is 0 Å². The zero-order valence-corrected chi connectivity index (χ0v) is 17.7. The second-order valence-electron chi connectivity index (χ2n) is 6.90. The van der Waals surface area contributed by atoms with Crippen molar-refractivity contribution in [1.82, 2.24) is 0 Å². The monoisotopic (exact) mass is 431 g/mol. The van der Waals surface area contributed by atoms with E-state index < -0.39 is 11.9 Å². The third-order valence-electron chi connectivity index (χ3n) is 4.76. The second-order valence-corrected chi connectivity index (χ2v) is 6.90. The molecule has 4 rings (SSSR count). The molecule has 0 bridgehead atoms. The highest BCUT2D eigenvalue weighted by Gasteiger charge is 2.24. The first-order chi connectivity index (χ1) is 15.6. The van der Waals surface area contributed by atoms with Crippen molar-refractivity contribution < 1.29 is 28.5 Å². The molecule has 3 aromatic carbocycles. The fourth-order valence-corrected chi connectivity index (χ4v) is 3.25. The number of nitrogens with zero attached hydrogens (tertiary/aromatic N) is 1. The summed E-state index contributed by atoms with van der Waals surface area (Å²) >= 11 is 0. The Bertz CT molecular complexity index is 1240. The Morgan fingerprint density at radius 1 is 1.03 bits per heavy atom. The number of esters is 2. The fraction of sp³-hybridized carbons (Fsp3) is 0.160. The van der Waals surface area contributed by atoms with Crippen LogP contribution in [0.15, 0.2) is 71.4 Å². The number of benzene rings is 3. The average molecular weight is 431 g/mol. The van der Waals surface area contributed by atoms with E-state index in [0.717, 1.165) is 16.3 Å². The van der Waals surface area contributed by atoms with E-state index in [1.54, 1.807) is 31.2 Å². The van der Waals surface area contributed by atoms with E-state index in [-0.39, 0.29) is 24.8 Å². The number of ether oxygens (including phenoxy) is 4. The minimum Gasteiger partial charge on any atom is -0.493 e. The Morgan fingerprint density at radius 3 is 2.62 bits per heavy atom. The standard InChI is InChI=1S/C25H21NO6/c1-3-30-23(27)15-31-21-11-8-16(13-22(21)29-2)12-20-25(28)32-24(26-20)19-10-9-17-6-4-5-7-18(17)14-19/h4-14H,3,15H2,1-2H3/b20-12-. The molecule has 0 amide bonds. The maximum Gasteiger partial charge on any atom is 0.363 e. The normalized spacial score (nSPS) is 14.2. The van der Waals surface area contributed by atoms with Gasteiger partial charge >= 0.3 is 11.9 Å². The van der Waals surface area contributed by atoms with E-state index in [2.05, 4.69) is 4.99 Å². The van der Waals surface area contributed by atoms with Crippen molar-refractivity contribution in [2.24, 2.45) is 4.99 Å². The summed E-state index contributed by atoms with van der Waals surface area (Å²) in [4.78, 5) is 28.3. The summed E-state index contributed by atoms with van der Waals surface area (Å²) in [7, 11) is 1.49. The molecule has 0 saturated carbocycles. The molecule has 0 unspecified atom stereocenters. The maximum atomic E-state index is 12.4. The molecule has 0 fully saturated rings. The van der Waals surface area contributed by atoms with Gasteiger partial charge in [-0.05, 0) is 53.6 Å². The lowest BCUT2D eigenvalue weighted by Crippen LogP contribution is -2.14. The second kappa shape index (κ2) is 9.34. The van der Waals surface area contributed by atoms with Crippen LogP contribution in [0.3, 0.4) is 0 Å². The summed E-state index contributed by atoms with van der Waals surface area (Å²) in [6.07, 6.45) is 1.61. The summed E-state index contributed by atoms with van der Waals surface area (Å²) in [5.41, 5.74) is 1.57. The number of aliphatic imine (C=N–C) groups is 1. The Balaban J connectivity index is 1.56. The third kappa shape index (κ3) is 4.62. The minimum absolute atomic E-state index is 0.176. The highest BCUT2D eigenvalue weighted by molar-refractivity contribution is 6.13. The van der Waals surface area contributed by atoms with E-state index in [1.165, 1.54) is 7.11 Å². The van der Waals surface area contributed by atoms with Crippen molar-refractivity contribution in [3.63, 3.8) is 0 Å². The molecule has 1 heterocycles. The number of fused-ring (bicyclic) bond motifs is 1. The number of carbonyl (C=O) groups is 2. The molecule has 0 saturated heterocycles. The predicted octanol–water partition coefficient (Wildman–Crippen LogP) is 4.13. The lowest BCUT2D eigenvalue weighted by atomic mass is 10.1. The SMILES string of the molecule is CCOC(=O)COc1ccc(/C=C2\N=C(c3ccc4ccccc4c3)OC2=O)cc1OC. The topological polar surface area (TPSA) is 83.4 Å². The van der Waals surface area contributed by atoms with Crippen LogP contribution >= 0.6 is 0 Å². The van der Waals surface area contributed by atoms with Crippen molar-refractivity contribution in [3.8, 4) is 11.5 Å². The van der Waals surface area contributed by atoms with Gasteiger partial charge < -0.3 is 18.9 Å². The molecule has 0 radical (unpaired) electrons. The highest BCUT2D eigenvalue weighted by Crippen LogP contribution is 2.30. The number of hydrogen-bond acceptors (Lipinski definition) is 7. The maximum absolute atomic E-state index is 12.4. The van der Waals surface area contributed by atoms with Crippen molar-refractivity contribution in [2.45, 2.75) is 6.92 Å². The molecule has 162 valence electrons. The van der Waals surface area contributed by atoms with Gasteiger partial charge in [0, 0.05) is 5.56 Å². The summed E-state index contributed by atoms with van der Waals surface area (Å²) in [5.74, 6) is 0.0546. The summed E-state index contributed by atoms with van der Waals surface area (Å²) in [6, 6.07) is 18.8. The Labute approximate surface area is 184 Å². The Kier molecular flexibility index (Phi) is 6.17. The van der Waals surface area contributed by atoms with Crippen LogP contribution < -0.4 is 9.47 Å². The molecule has 0 aliphatic carbocycles. The van der Waals surface area contributed by atoms with Crippen LogP contribution in [0.1, 0.15) is 18.1 Å². The first-order valence-corrected chi connectivity index (χ1v) is 10.1. The van der Waals surface area contributed by atoms with Crippen LogP contribution in [0.2, 0.25) is 0 Å². The van der Waals surface area contributed by atoms with Crippen LogP contribution in [0.25, 0.3) is 16.8 Å². The van der Waals surface area contributed by atoms with Gasteiger partial charge in [0.1, 0.15) is 0 Å². The number of methoxy groups -OCH3 is 1. The van der Waals surface area contributed by atoms with Crippen LogP contribution in [0, 0.1) is 0 Å². The van der Waals surface area contributed by atoms with Gasteiger partial charge in [-0.2, -0.15) is 0 Å². The van der Waals surface area contributed by atoms with Crippen molar-refractivity contribution in [1.29, 1.82) is 0 Å². The van der Waals surface area contributed by atoms with E-state index in [0.29, 0.717) is 17.1 Å². The molecule has 3 aromatic rings. The van der Waals surface area contributed by atoms with Crippen LogP contribution in [-0.2, 0) is 19.1 Å². The number of carbonyl (C=O) groups excluding carboxylic acids is 2. The number of cyclic esters (lactones) is 1. The van der Waals surface area contributed by atoms with E-state index in [9.17, 15) is 9.59 Å². The molecular formula is C25H21NO6. The summed E-state index contributed by atoms with van der Waals surface area (Å²) < 4.78 is 21.0. The van der Waals surface area contributed by atoms with Gasteiger partial charge in [0.25, 0.3) is 0 Å². The lowest BCUT2D eigenvalue weighted by Gasteiger charge is -2.10. The van der Waals surface area contributed by atoms with Crippen LogP contribution in [0.4, 0.5) is 0 Å². The Hall–Kier alpha value is -4.13. The highest BCUT2D eigenvalue weighted by atomic mass is 16.6. The predicted molar refractivity (Wildman–Crippen MR) is 120 cm³/mol. The largest absolute Gasteiger partial charge is 0.493 e. The summed E-state index contributed by atoms with van der Waals surface area (Å²) in [5, 5.41) is 2.12.